The third-order valence-corrected chi connectivity index (χ3v) is 6.03. The molecule has 2 aliphatic heterocycles. The van der Waals surface area contributed by atoms with E-state index >= 15 is 0 Å². The average molecular weight is 272 g/mol. The SMILES string of the molecule is O=C1NC(=O)[C@H]2[C@H]3C=C[C@H]([C@@H]12)[C@@H]1[C@H]2C(=O)NC(=O)[C@H]2[C@H]31. The summed E-state index contributed by atoms with van der Waals surface area (Å²) in [6, 6.07) is 0. The van der Waals surface area contributed by atoms with E-state index in [9.17, 15) is 19.2 Å². The molecule has 0 unspecified atom stereocenters. The van der Waals surface area contributed by atoms with E-state index in [-0.39, 0.29) is 71.0 Å². The standard InChI is InChI=1S/C14H12N2O4/c17-11-7-3-1-2-4(8(7)12(18)15-11)6-5(3)9-10(6)14(20)16-13(9)19/h1-10H,(H,15,17,18)(H,16,19,20)/t3-,4-,5-,6+,7+,8-,9+,10-/m0/s1. The summed E-state index contributed by atoms with van der Waals surface area (Å²) in [5.41, 5.74) is 0. The fourth-order valence-corrected chi connectivity index (χ4v) is 5.44. The Labute approximate surface area is 114 Å². The molecule has 0 radical (unpaired) electrons. The van der Waals surface area contributed by atoms with Gasteiger partial charge in [0, 0.05) is 0 Å². The summed E-state index contributed by atoms with van der Waals surface area (Å²) >= 11 is 0. The summed E-state index contributed by atoms with van der Waals surface area (Å²) in [6.45, 7) is 0. The van der Waals surface area contributed by atoms with Gasteiger partial charge in [-0.05, 0) is 23.7 Å². The molecule has 6 heteroatoms. The molecule has 4 fully saturated rings. The summed E-state index contributed by atoms with van der Waals surface area (Å²) < 4.78 is 0. The van der Waals surface area contributed by atoms with Crippen LogP contribution in [-0.2, 0) is 19.2 Å². The molecule has 2 bridgehead atoms. The van der Waals surface area contributed by atoms with Gasteiger partial charge in [0.15, 0.2) is 0 Å². The molecule has 2 saturated carbocycles. The molecular formula is C14H12N2O4. The minimum Gasteiger partial charge on any atom is -0.296 e. The summed E-state index contributed by atoms with van der Waals surface area (Å²) in [5, 5.41) is 4.81. The fourth-order valence-electron chi connectivity index (χ4n) is 5.44. The van der Waals surface area contributed by atoms with Crippen LogP contribution in [0.3, 0.4) is 0 Å². The number of nitrogens with one attached hydrogen (secondary N) is 2. The number of carbonyl (C=O) groups is 4. The van der Waals surface area contributed by atoms with Gasteiger partial charge in [-0.1, -0.05) is 12.2 Å². The first-order valence-electron chi connectivity index (χ1n) is 6.97. The maximum absolute atomic E-state index is 12.0. The number of fused-ring (bicyclic) bond motifs is 1. The third-order valence-electron chi connectivity index (χ3n) is 6.03. The van der Waals surface area contributed by atoms with Gasteiger partial charge < -0.3 is 0 Å². The summed E-state index contributed by atoms with van der Waals surface area (Å²) in [6.07, 6.45) is 3.97. The molecule has 8 atom stereocenters. The van der Waals surface area contributed by atoms with E-state index in [1.807, 2.05) is 12.2 Å². The molecule has 0 spiro atoms. The molecule has 102 valence electrons. The number of rotatable bonds is 0. The van der Waals surface area contributed by atoms with Crippen LogP contribution in [0.4, 0.5) is 0 Å². The minimum absolute atomic E-state index is 0.0411. The van der Waals surface area contributed by atoms with Gasteiger partial charge in [0.1, 0.15) is 0 Å². The quantitative estimate of drug-likeness (QED) is 0.429. The maximum atomic E-state index is 12.0. The van der Waals surface area contributed by atoms with Crippen LogP contribution in [0.25, 0.3) is 0 Å². The van der Waals surface area contributed by atoms with Gasteiger partial charge in [-0.2, -0.15) is 0 Å². The van der Waals surface area contributed by atoms with Crippen LogP contribution < -0.4 is 10.6 Å². The second kappa shape index (κ2) is 3.02. The van der Waals surface area contributed by atoms with Gasteiger partial charge in [0.05, 0.1) is 23.7 Å². The first kappa shape index (κ1) is 10.8. The number of carbonyl (C=O) groups excluding carboxylic acids is 4. The van der Waals surface area contributed by atoms with Gasteiger partial charge in [-0.15, -0.1) is 0 Å². The number of imide groups is 2. The smallest absolute Gasteiger partial charge is 0.231 e. The van der Waals surface area contributed by atoms with Crippen molar-refractivity contribution in [2.75, 3.05) is 0 Å². The summed E-state index contributed by atoms with van der Waals surface area (Å²) in [4.78, 5) is 47.8. The van der Waals surface area contributed by atoms with Crippen molar-refractivity contribution in [2.24, 2.45) is 47.3 Å². The van der Waals surface area contributed by atoms with Gasteiger partial charge >= 0.3 is 0 Å². The predicted octanol–water partition coefficient (Wildman–Crippen LogP) is -1.17. The lowest BCUT2D eigenvalue weighted by molar-refractivity contribution is -0.166. The zero-order valence-electron chi connectivity index (χ0n) is 10.4. The molecule has 4 aliphatic carbocycles. The normalized spacial score (nSPS) is 54.0. The first-order valence-corrected chi connectivity index (χ1v) is 6.97. The Morgan fingerprint density at radius 2 is 0.950 bits per heavy atom. The maximum Gasteiger partial charge on any atom is 0.231 e. The first-order chi connectivity index (χ1) is 9.59. The molecule has 6 rings (SSSR count). The van der Waals surface area contributed by atoms with Gasteiger partial charge in [-0.25, -0.2) is 0 Å². The molecule has 6 nitrogen and oxygen atoms in total. The Balaban J connectivity index is 1.63. The van der Waals surface area contributed by atoms with Gasteiger partial charge in [0.2, 0.25) is 23.6 Å². The van der Waals surface area contributed by atoms with Crippen molar-refractivity contribution < 1.29 is 19.2 Å². The Bertz CT molecular complexity index is 587. The van der Waals surface area contributed by atoms with Crippen molar-refractivity contribution >= 4 is 23.6 Å². The van der Waals surface area contributed by atoms with E-state index in [1.54, 1.807) is 0 Å². The fraction of sp³-hybridized carbons (Fsp3) is 0.571. The zero-order chi connectivity index (χ0) is 13.8. The Kier molecular flexibility index (Phi) is 1.63. The molecule has 0 aromatic heterocycles. The van der Waals surface area contributed by atoms with Gasteiger partial charge in [0.25, 0.3) is 0 Å². The lowest BCUT2D eigenvalue weighted by Crippen LogP contribution is -2.63. The predicted molar refractivity (Wildman–Crippen MR) is 63.4 cm³/mol. The molecule has 0 aromatic rings. The van der Waals surface area contributed by atoms with E-state index < -0.39 is 0 Å². The molecule has 2 saturated heterocycles. The second-order valence-corrected chi connectivity index (χ2v) is 6.50. The van der Waals surface area contributed by atoms with Crippen molar-refractivity contribution in [2.45, 2.75) is 0 Å². The Morgan fingerprint density at radius 1 is 0.600 bits per heavy atom. The van der Waals surface area contributed by atoms with Crippen molar-refractivity contribution in [3.63, 3.8) is 0 Å². The summed E-state index contributed by atoms with van der Waals surface area (Å²) in [5.74, 6) is -2.21. The second-order valence-electron chi connectivity index (χ2n) is 6.50. The van der Waals surface area contributed by atoms with Crippen LogP contribution in [0.1, 0.15) is 0 Å². The largest absolute Gasteiger partial charge is 0.296 e. The number of allylic oxidation sites excluding steroid dienone is 2. The highest BCUT2D eigenvalue weighted by atomic mass is 16.2. The zero-order valence-corrected chi connectivity index (χ0v) is 10.4. The van der Waals surface area contributed by atoms with Crippen LogP contribution >= 0.6 is 0 Å². The van der Waals surface area contributed by atoms with Crippen LogP contribution in [0.15, 0.2) is 12.2 Å². The molecule has 2 heterocycles. The van der Waals surface area contributed by atoms with E-state index in [0.717, 1.165) is 0 Å². The third kappa shape index (κ3) is 0.910. The molecule has 6 aliphatic rings. The number of hydrogen-bond acceptors (Lipinski definition) is 4. The summed E-state index contributed by atoms with van der Waals surface area (Å²) in [7, 11) is 0. The highest BCUT2D eigenvalue weighted by molar-refractivity contribution is 6.09. The van der Waals surface area contributed by atoms with E-state index in [0.29, 0.717) is 0 Å². The lowest BCUT2D eigenvalue weighted by Gasteiger charge is -2.60. The minimum atomic E-state index is -0.344. The monoisotopic (exact) mass is 272 g/mol. The van der Waals surface area contributed by atoms with Crippen LogP contribution in [0.5, 0.6) is 0 Å². The Hall–Kier alpha value is -1.98. The van der Waals surface area contributed by atoms with Crippen LogP contribution in [0.2, 0.25) is 0 Å². The van der Waals surface area contributed by atoms with Crippen molar-refractivity contribution in [3.05, 3.63) is 12.2 Å². The van der Waals surface area contributed by atoms with Crippen molar-refractivity contribution in [3.8, 4) is 0 Å². The average Bonchev–Trinajstić information content (AvgIpc) is 2.78. The topological polar surface area (TPSA) is 92.3 Å². The van der Waals surface area contributed by atoms with Crippen molar-refractivity contribution in [1.82, 2.24) is 10.6 Å². The molecule has 0 aromatic carbocycles. The number of amides is 4. The van der Waals surface area contributed by atoms with Crippen LogP contribution in [0, 0.1) is 47.3 Å². The molecule has 4 amide bonds. The molecular weight excluding hydrogens is 260 g/mol. The lowest BCUT2D eigenvalue weighted by atomic mass is 9.40. The molecule has 2 N–H and O–H groups in total. The highest BCUT2D eigenvalue weighted by Gasteiger charge is 2.72. The molecule has 20 heavy (non-hydrogen) atoms. The van der Waals surface area contributed by atoms with Crippen LogP contribution in [-0.4, -0.2) is 23.6 Å². The van der Waals surface area contributed by atoms with Crippen molar-refractivity contribution in [1.29, 1.82) is 0 Å². The van der Waals surface area contributed by atoms with E-state index in [4.69, 9.17) is 0 Å². The Morgan fingerprint density at radius 3 is 1.35 bits per heavy atom. The van der Waals surface area contributed by atoms with Gasteiger partial charge in [-0.3, -0.25) is 29.8 Å². The van der Waals surface area contributed by atoms with E-state index in [1.165, 1.54) is 0 Å². The highest BCUT2D eigenvalue weighted by Crippen LogP contribution is 2.66. The van der Waals surface area contributed by atoms with E-state index in [2.05, 4.69) is 10.6 Å². The number of hydrogen-bond donors (Lipinski definition) is 2.